The minimum atomic E-state index is -0.688. The number of rotatable bonds is 6. The molecule has 6 saturated carbocycles. The Morgan fingerprint density at radius 1 is 0.615 bits per heavy atom. The molecule has 7 fully saturated rings. The van der Waals surface area contributed by atoms with Gasteiger partial charge in [-0.05, 0) is 204 Å². The predicted octanol–water partition coefficient (Wildman–Crippen LogP) is 10.0. The third-order valence-electron chi connectivity index (χ3n) is 20.7. The summed E-state index contributed by atoms with van der Waals surface area (Å²) in [6, 6.07) is 6.83. The number of oxime groups is 1. The van der Waals surface area contributed by atoms with Crippen molar-refractivity contribution >= 4 is 11.5 Å². The number of hydrogen-bond donors (Lipinski definition) is 2. The topological polar surface area (TPSA) is 143 Å². The molecule has 2 N–H and O–H groups in total. The van der Waals surface area contributed by atoms with Crippen LogP contribution in [0.15, 0.2) is 83.7 Å². The Labute approximate surface area is 385 Å². The van der Waals surface area contributed by atoms with E-state index >= 15 is 0 Å². The first-order valence-corrected chi connectivity index (χ1v) is 25.6. The largest absolute Gasteiger partial charge is 0.431 e. The van der Waals surface area contributed by atoms with Gasteiger partial charge in [0.25, 0.3) is 0 Å². The standard InChI is InChI=1S/C31H44N2O4.C24H30O4/c1-29-13-10-24(32-37-19-18-33-16-4-3-5-17-33)20-23(29)7-8-27-26(29)11-14-30(2)25(12-15-31(27,30)35)22-6-9-28(34)36-21-22;1-22-10-7-17(25)13-16(22)4-5-20-19(22)8-11-23(2)18(9-12-24(20,23)27)15-3-6-21(26)28-14-15/h6,9,20-21,25-27,35H,3-5,7-8,10-19H2,1-2H3;3,6,13-14,18-20,27H,4-5,7-12H2,1-2H3/t25-,26?,27?,29+,30-,31+;18-,19?,20?,22+,23-,24+/m11/s1. The molecule has 2 aromatic heterocycles. The Morgan fingerprint density at radius 3 is 1.66 bits per heavy atom. The van der Waals surface area contributed by atoms with E-state index in [1.807, 2.05) is 18.2 Å². The Balaban J connectivity index is 0.000000159. The highest BCUT2D eigenvalue weighted by molar-refractivity contribution is 5.96. The molecule has 65 heavy (non-hydrogen) atoms. The Morgan fingerprint density at radius 2 is 1.14 bits per heavy atom. The fourth-order valence-electron chi connectivity index (χ4n) is 16.8. The van der Waals surface area contributed by atoms with Crippen molar-refractivity contribution < 1.29 is 28.7 Å². The molecule has 4 unspecified atom stereocenters. The van der Waals surface area contributed by atoms with E-state index < -0.39 is 11.2 Å². The van der Waals surface area contributed by atoms with E-state index in [-0.39, 0.29) is 56.4 Å². The average Bonchev–Trinajstić information content (AvgIpc) is 3.75. The zero-order valence-corrected chi connectivity index (χ0v) is 39.6. The molecular formula is C55H74N2O8. The van der Waals surface area contributed by atoms with Gasteiger partial charge in [-0.1, -0.05) is 50.4 Å². The van der Waals surface area contributed by atoms with E-state index in [1.165, 1.54) is 55.6 Å². The molecule has 352 valence electrons. The van der Waals surface area contributed by atoms with Gasteiger partial charge >= 0.3 is 11.3 Å². The first-order chi connectivity index (χ1) is 31.1. The molecule has 9 aliphatic rings. The molecule has 10 nitrogen and oxygen atoms in total. The number of likely N-dealkylation sites (tertiary alicyclic amines) is 1. The fraction of sp³-hybridized carbons (Fsp3) is 0.709. The van der Waals surface area contributed by atoms with E-state index in [4.69, 9.17) is 13.7 Å². The highest BCUT2D eigenvalue weighted by atomic mass is 16.6. The van der Waals surface area contributed by atoms with E-state index in [0.29, 0.717) is 30.8 Å². The van der Waals surface area contributed by atoms with Gasteiger partial charge in [-0.2, -0.15) is 0 Å². The number of carbonyl (C=O) groups is 1. The smallest absolute Gasteiger partial charge is 0.335 e. The summed E-state index contributed by atoms with van der Waals surface area (Å²) in [5.41, 5.74) is 3.87. The zero-order chi connectivity index (χ0) is 45.4. The summed E-state index contributed by atoms with van der Waals surface area (Å²) in [4.78, 5) is 43.2. The van der Waals surface area contributed by atoms with Crippen LogP contribution in [0.3, 0.4) is 0 Å². The maximum atomic E-state index is 12.4. The zero-order valence-electron chi connectivity index (χ0n) is 39.6. The fourth-order valence-corrected chi connectivity index (χ4v) is 16.8. The van der Waals surface area contributed by atoms with Crippen LogP contribution in [0.2, 0.25) is 0 Å². The van der Waals surface area contributed by atoms with Crippen molar-refractivity contribution in [1.82, 2.24) is 4.90 Å². The lowest BCUT2D eigenvalue weighted by Crippen LogP contribution is -2.60. The SMILES string of the molecule is C[C@]12CCC(=NOCCN3CCCCC3)C=C1CCC1C2CC[C@]2(C)[C@@H](c3ccc(=O)oc3)CC[C@]12O.C[C@]12CCC(=O)C=C1CCC1C2CC[C@]2(C)[C@@H](c3ccc(=O)oc3)CC[C@]12O. The van der Waals surface area contributed by atoms with Crippen LogP contribution in [0, 0.1) is 45.3 Å². The molecule has 0 aromatic carbocycles. The number of nitrogens with zero attached hydrogens (tertiary/aromatic N) is 2. The van der Waals surface area contributed by atoms with Gasteiger partial charge in [0.15, 0.2) is 5.78 Å². The highest BCUT2D eigenvalue weighted by Gasteiger charge is 2.68. The number of allylic oxidation sites excluding steroid dienone is 3. The maximum Gasteiger partial charge on any atom is 0.335 e. The van der Waals surface area contributed by atoms with Crippen LogP contribution in [-0.4, -0.2) is 64.1 Å². The van der Waals surface area contributed by atoms with Gasteiger partial charge in [0.05, 0.1) is 29.4 Å². The number of aliphatic hydroxyl groups is 2. The van der Waals surface area contributed by atoms with Crippen LogP contribution in [0.25, 0.3) is 0 Å². The van der Waals surface area contributed by atoms with E-state index in [0.717, 1.165) is 120 Å². The van der Waals surface area contributed by atoms with Crippen molar-refractivity contribution in [2.75, 3.05) is 26.2 Å². The van der Waals surface area contributed by atoms with E-state index in [2.05, 4.69) is 43.8 Å². The van der Waals surface area contributed by atoms with Gasteiger partial charge in [0.2, 0.25) is 0 Å². The van der Waals surface area contributed by atoms with Crippen molar-refractivity contribution in [3.8, 4) is 0 Å². The first-order valence-electron chi connectivity index (χ1n) is 25.6. The third-order valence-corrected chi connectivity index (χ3v) is 20.7. The summed E-state index contributed by atoms with van der Waals surface area (Å²) in [6.45, 7) is 13.4. The van der Waals surface area contributed by atoms with Crippen molar-refractivity contribution in [3.05, 3.63) is 92.1 Å². The maximum absolute atomic E-state index is 12.4. The monoisotopic (exact) mass is 891 g/mol. The highest BCUT2D eigenvalue weighted by Crippen LogP contribution is 2.71. The van der Waals surface area contributed by atoms with Crippen molar-refractivity contribution in [2.24, 2.45) is 50.5 Å². The van der Waals surface area contributed by atoms with Gasteiger partial charge in [-0.15, -0.1) is 0 Å². The molecular weight excluding hydrogens is 817 g/mol. The van der Waals surface area contributed by atoms with Gasteiger partial charge in [0, 0.05) is 35.9 Å². The van der Waals surface area contributed by atoms with Crippen molar-refractivity contribution in [3.63, 3.8) is 0 Å². The molecule has 8 aliphatic carbocycles. The van der Waals surface area contributed by atoms with Crippen LogP contribution in [-0.2, 0) is 9.63 Å². The molecule has 10 heteroatoms. The Hall–Kier alpha value is -3.60. The van der Waals surface area contributed by atoms with Crippen molar-refractivity contribution in [1.29, 1.82) is 0 Å². The lowest BCUT2D eigenvalue weighted by Gasteiger charge is -2.61. The quantitative estimate of drug-likeness (QED) is 0.214. The lowest BCUT2D eigenvalue weighted by atomic mass is 9.45. The predicted molar refractivity (Wildman–Crippen MR) is 250 cm³/mol. The molecule has 12 atom stereocenters. The molecule has 11 rings (SSSR count). The van der Waals surface area contributed by atoms with E-state index in [1.54, 1.807) is 12.5 Å². The minimum absolute atomic E-state index is 0.0610. The Bertz CT molecular complexity index is 2320. The lowest BCUT2D eigenvalue weighted by molar-refractivity contribution is -0.177. The number of carbonyl (C=O) groups excluding carboxylic acids is 1. The average molecular weight is 891 g/mol. The molecule has 2 aromatic rings. The first kappa shape index (κ1) is 45.2. The third kappa shape index (κ3) is 7.35. The molecule has 1 aliphatic heterocycles. The summed E-state index contributed by atoms with van der Waals surface area (Å²) in [7, 11) is 0. The summed E-state index contributed by atoms with van der Waals surface area (Å²) in [5, 5.41) is 29.1. The summed E-state index contributed by atoms with van der Waals surface area (Å²) in [5.74, 6) is 2.28. The number of fused-ring (bicyclic) bond motifs is 10. The van der Waals surface area contributed by atoms with Gasteiger partial charge in [0.1, 0.15) is 6.61 Å². The van der Waals surface area contributed by atoms with Gasteiger partial charge in [-0.3, -0.25) is 9.69 Å². The van der Waals surface area contributed by atoms with Crippen LogP contribution in [0.4, 0.5) is 0 Å². The second-order valence-electron chi connectivity index (χ2n) is 23.2. The second kappa shape index (κ2) is 16.9. The summed E-state index contributed by atoms with van der Waals surface area (Å²) >= 11 is 0. The van der Waals surface area contributed by atoms with Crippen LogP contribution in [0.1, 0.15) is 173 Å². The van der Waals surface area contributed by atoms with Crippen molar-refractivity contribution in [2.45, 2.75) is 173 Å². The van der Waals surface area contributed by atoms with Gasteiger partial charge in [-0.25, -0.2) is 9.59 Å². The second-order valence-corrected chi connectivity index (χ2v) is 23.2. The summed E-state index contributed by atoms with van der Waals surface area (Å²) < 4.78 is 10.4. The van der Waals surface area contributed by atoms with Crippen LogP contribution >= 0.6 is 0 Å². The number of ketones is 1. The van der Waals surface area contributed by atoms with Gasteiger partial charge < -0.3 is 23.9 Å². The van der Waals surface area contributed by atoms with E-state index in [9.17, 15) is 24.6 Å². The minimum Gasteiger partial charge on any atom is -0.431 e. The molecule has 1 saturated heterocycles. The molecule has 3 heterocycles. The molecule has 0 bridgehead atoms. The number of hydrogen-bond acceptors (Lipinski definition) is 10. The normalized spacial score (nSPS) is 42.7. The number of piperidine rings is 1. The van der Waals surface area contributed by atoms with Crippen LogP contribution in [0.5, 0.6) is 0 Å². The summed E-state index contributed by atoms with van der Waals surface area (Å²) in [6.07, 6.45) is 26.8. The molecule has 0 amide bonds. The molecule has 0 spiro atoms. The molecule has 0 radical (unpaired) electrons. The van der Waals surface area contributed by atoms with Crippen LogP contribution < -0.4 is 11.3 Å². The Kier molecular flexibility index (Phi) is 11.7.